The molecule has 0 saturated carbocycles. The van der Waals surface area contributed by atoms with Gasteiger partial charge in [-0.3, -0.25) is 0 Å². The molecule has 0 aliphatic heterocycles. The van der Waals surface area contributed by atoms with E-state index in [-0.39, 0.29) is 0 Å². The number of hydrogen-bond acceptors (Lipinski definition) is 1. The van der Waals surface area contributed by atoms with Gasteiger partial charge in [0.05, 0.1) is 11.2 Å². The van der Waals surface area contributed by atoms with Crippen LogP contribution in [-0.2, 0) is 6.42 Å². The minimum absolute atomic E-state index is 1.00. The van der Waals surface area contributed by atoms with Crippen molar-refractivity contribution in [2.75, 3.05) is 0 Å². The molecule has 1 heterocycles. The lowest BCUT2D eigenvalue weighted by atomic mass is 10.0. The molecule has 0 fully saturated rings. The molecule has 0 atom stereocenters. The molecule has 0 unspecified atom stereocenters. The van der Waals surface area contributed by atoms with Crippen LogP contribution >= 0.6 is 0 Å². The molecule has 1 heteroatoms. The number of aryl methyl sites for hydroxylation is 2. The van der Waals surface area contributed by atoms with Gasteiger partial charge in [-0.2, -0.15) is 0 Å². The molecular formula is C18H17N. The predicted molar refractivity (Wildman–Crippen MR) is 81.3 cm³/mol. The van der Waals surface area contributed by atoms with Crippen molar-refractivity contribution in [3.63, 3.8) is 0 Å². The summed E-state index contributed by atoms with van der Waals surface area (Å²) in [5, 5.41) is 1.22. The van der Waals surface area contributed by atoms with Gasteiger partial charge in [-0.05, 0) is 37.1 Å². The fourth-order valence-electron chi connectivity index (χ4n) is 2.47. The van der Waals surface area contributed by atoms with Crippen LogP contribution in [0.4, 0.5) is 0 Å². The van der Waals surface area contributed by atoms with Crippen LogP contribution in [0, 0.1) is 6.92 Å². The number of benzene rings is 2. The van der Waals surface area contributed by atoms with Crippen molar-refractivity contribution >= 4 is 10.9 Å². The SMILES string of the molecule is CCc1cc2ccccc2nc1-c1cccc(C)c1. The standard InChI is InChI=1S/C18H17N/c1-3-14-12-15-8-4-5-10-17(15)19-18(14)16-9-6-7-13(2)11-16/h4-12H,3H2,1-2H3. The number of pyridine rings is 1. The van der Waals surface area contributed by atoms with Crippen LogP contribution < -0.4 is 0 Å². The highest BCUT2D eigenvalue weighted by Gasteiger charge is 2.07. The van der Waals surface area contributed by atoms with Gasteiger partial charge in [-0.1, -0.05) is 48.9 Å². The highest BCUT2D eigenvalue weighted by Crippen LogP contribution is 2.26. The molecule has 94 valence electrons. The summed E-state index contributed by atoms with van der Waals surface area (Å²) in [7, 11) is 0. The van der Waals surface area contributed by atoms with E-state index in [1.165, 1.54) is 22.1 Å². The highest BCUT2D eigenvalue weighted by molar-refractivity contribution is 5.83. The molecule has 3 rings (SSSR count). The second kappa shape index (κ2) is 4.85. The van der Waals surface area contributed by atoms with Gasteiger partial charge in [0.2, 0.25) is 0 Å². The third-order valence-corrected chi connectivity index (χ3v) is 3.48. The Morgan fingerprint density at radius 3 is 2.58 bits per heavy atom. The first-order valence-corrected chi connectivity index (χ1v) is 6.73. The fraction of sp³-hybridized carbons (Fsp3) is 0.167. The van der Waals surface area contributed by atoms with E-state index < -0.39 is 0 Å². The highest BCUT2D eigenvalue weighted by atomic mass is 14.7. The van der Waals surface area contributed by atoms with Crippen molar-refractivity contribution in [1.82, 2.24) is 4.98 Å². The summed E-state index contributed by atoms with van der Waals surface area (Å²) in [6.45, 7) is 4.31. The van der Waals surface area contributed by atoms with Crippen molar-refractivity contribution in [1.29, 1.82) is 0 Å². The van der Waals surface area contributed by atoms with E-state index in [9.17, 15) is 0 Å². The van der Waals surface area contributed by atoms with Crippen LogP contribution in [0.1, 0.15) is 18.1 Å². The number of rotatable bonds is 2. The Morgan fingerprint density at radius 1 is 0.947 bits per heavy atom. The topological polar surface area (TPSA) is 12.9 Å². The summed E-state index contributed by atoms with van der Waals surface area (Å²) in [4.78, 5) is 4.86. The third kappa shape index (κ3) is 2.24. The minimum atomic E-state index is 1.00. The molecule has 0 saturated heterocycles. The van der Waals surface area contributed by atoms with Crippen LogP contribution in [0.25, 0.3) is 22.2 Å². The molecule has 0 amide bonds. The molecule has 0 aliphatic carbocycles. The minimum Gasteiger partial charge on any atom is -0.248 e. The molecule has 0 spiro atoms. The second-order valence-electron chi connectivity index (χ2n) is 4.91. The molecule has 0 N–H and O–H groups in total. The first-order chi connectivity index (χ1) is 9.28. The third-order valence-electron chi connectivity index (χ3n) is 3.48. The Morgan fingerprint density at radius 2 is 1.79 bits per heavy atom. The summed E-state index contributed by atoms with van der Waals surface area (Å²) in [5.41, 5.74) is 5.97. The zero-order valence-electron chi connectivity index (χ0n) is 11.4. The molecule has 0 bridgehead atoms. The van der Waals surface area contributed by atoms with Crippen molar-refractivity contribution in [3.8, 4) is 11.3 Å². The van der Waals surface area contributed by atoms with E-state index in [0.717, 1.165) is 17.6 Å². The van der Waals surface area contributed by atoms with Crippen molar-refractivity contribution < 1.29 is 0 Å². The first-order valence-electron chi connectivity index (χ1n) is 6.73. The molecule has 19 heavy (non-hydrogen) atoms. The van der Waals surface area contributed by atoms with Gasteiger partial charge in [0.25, 0.3) is 0 Å². The summed E-state index contributed by atoms with van der Waals surface area (Å²) in [6.07, 6.45) is 1.00. The van der Waals surface area contributed by atoms with Crippen LogP contribution in [0.5, 0.6) is 0 Å². The summed E-state index contributed by atoms with van der Waals surface area (Å²) in [5.74, 6) is 0. The first kappa shape index (κ1) is 11.9. The zero-order chi connectivity index (χ0) is 13.2. The van der Waals surface area contributed by atoms with Gasteiger partial charge in [0, 0.05) is 10.9 Å². The Bertz CT molecular complexity index is 729. The Hall–Kier alpha value is -2.15. The van der Waals surface area contributed by atoms with E-state index in [4.69, 9.17) is 4.98 Å². The fourth-order valence-corrected chi connectivity index (χ4v) is 2.47. The van der Waals surface area contributed by atoms with Crippen molar-refractivity contribution in [3.05, 3.63) is 65.7 Å². The maximum Gasteiger partial charge on any atom is 0.0741 e. The van der Waals surface area contributed by atoms with Gasteiger partial charge in [-0.25, -0.2) is 4.98 Å². The number of para-hydroxylation sites is 1. The average molecular weight is 247 g/mol. The summed E-state index contributed by atoms with van der Waals surface area (Å²) in [6, 6.07) is 19.1. The largest absolute Gasteiger partial charge is 0.248 e. The quantitative estimate of drug-likeness (QED) is 0.635. The smallest absolute Gasteiger partial charge is 0.0741 e. The lowest BCUT2D eigenvalue weighted by molar-refractivity contribution is 1.12. The monoisotopic (exact) mass is 247 g/mol. The van der Waals surface area contributed by atoms with Crippen LogP contribution in [-0.4, -0.2) is 4.98 Å². The maximum atomic E-state index is 4.86. The van der Waals surface area contributed by atoms with Gasteiger partial charge in [0.1, 0.15) is 0 Å². The van der Waals surface area contributed by atoms with E-state index >= 15 is 0 Å². The normalized spacial score (nSPS) is 10.8. The van der Waals surface area contributed by atoms with Gasteiger partial charge in [0.15, 0.2) is 0 Å². The molecule has 3 aromatic rings. The van der Waals surface area contributed by atoms with Crippen LogP contribution in [0.3, 0.4) is 0 Å². The lowest BCUT2D eigenvalue weighted by Crippen LogP contribution is -1.93. The molecule has 0 radical (unpaired) electrons. The van der Waals surface area contributed by atoms with Crippen molar-refractivity contribution in [2.45, 2.75) is 20.3 Å². The Kier molecular flexibility index (Phi) is 3.04. The van der Waals surface area contributed by atoms with Crippen LogP contribution in [0.2, 0.25) is 0 Å². The Labute approximate surface area is 113 Å². The summed E-state index contributed by atoms with van der Waals surface area (Å²) >= 11 is 0. The lowest BCUT2D eigenvalue weighted by Gasteiger charge is -2.10. The van der Waals surface area contributed by atoms with E-state index in [1.807, 2.05) is 6.07 Å². The molecule has 2 aromatic carbocycles. The maximum absolute atomic E-state index is 4.86. The van der Waals surface area contributed by atoms with Crippen LogP contribution in [0.15, 0.2) is 54.6 Å². The van der Waals surface area contributed by atoms with Gasteiger partial charge in [-0.15, -0.1) is 0 Å². The molecular weight excluding hydrogens is 230 g/mol. The van der Waals surface area contributed by atoms with E-state index in [0.29, 0.717) is 0 Å². The summed E-state index contributed by atoms with van der Waals surface area (Å²) < 4.78 is 0. The van der Waals surface area contributed by atoms with E-state index in [2.05, 4.69) is 62.4 Å². The number of fused-ring (bicyclic) bond motifs is 1. The van der Waals surface area contributed by atoms with Gasteiger partial charge < -0.3 is 0 Å². The second-order valence-corrected chi connectivity index (χ2v) is 4.91. The number of nitrogens with zero attached hydrogens (tertiary/aromatic N) is 1. The molecule has 1 nitrogen and oxygen atoms in total. The number of aromatic nitrogens is 1. The number of hydrogen-bond donors (Lipinski definition) is 0. The predicted octanol–water partition coefficient (Wildman–Crippen LogP) is 4.77. The molecule has 0 aliphatic rings. The zero-order valence-corrected chi connectivity index (χ0v) is 11.4. The van der Waals surface area contributed by atoms with Crippen molar-refractivity contribution in [2.24, 2.45) is 0 Å². The average Bonchev–Trinajstić information content (AvgIpc) is 2.46. The van der Waals surface area contributed by atoms with E-state index in [1.54, 1.807) is 0 Å². The Balaban J connectivity index is 2.27. The van der Waals surface area contributed by atoms with Gasteiger partial charge >= 0.3 is 0 Å². The molecule has 1 aromatic heterocycles.